The summed E-state index contributed by atoms with van der Waals surface area (Å²) in [5.41, 5.74) is 18.5. The number of hydrogen-bond donors (Lipinski definition) is 0. The minimum Gasteiger partial charge on any atom is -0.468 e. The summed E-state index contributed by atoms with van der Waals surface area (Å²) < 4.78 is 52.9. The topological polar surface area (TPSA) is 19.6 Å². The van der Waals surface area contributed by atoms with Gasteiger partial charge in [-0.25, -0.2) is 0 Å². The second kappa shape index (κ2) is 13.6. The van der Waals surface area contributed by atoms with Gasteiger partial charge in [-0.3, -0.25) is 0 Å². The van der Waals surface area contributed by atoms with E-state index in [0.29, 0.717) is 5.56 Å². The summed E-state index contributed by atoms with van der Waals surface area (Å²) in [7, 11) is 0. The molecule has 334 valence electrons. The van der Waals surface area contributed by atoms with Gasteiger partial charge >= 0.3 is 0 Å². The predicted octanol–water partition coefficient (Wildman–Crippen LogP) is 15.2. The molecule has 1 aromatic heterocycles. The minimum absolute atomic E-state index is 0.00824. The van der Waals surface area contributed by atoms with E-state index < -0.39 is 6.04 Å². The molecule has 5 aliphatic rings. The summed E-state index contributed by atoms with van der Waals surface area (Å²) in [6, 6.07) is 30.3. The normalized spacial score (nSPS) is 21.8. The Morgan fingerprint density at radius 3 is 1.50 bits per heavy atom. The van der Waals surface area contributed by atoms with Gasteiger partial charge in [-0.1, -0.05) is 144 Å². The number of fused-ring (bicyclic) bond motifs is 9. The van der Waals surface area contributed by atoms with E-state index in [0.717, 1.165) is 94.7 Å². The fraction of sp³-hybridized carbons (Fsp3) is 0.387. The zero-order valence-electron chi connectivity index (χ0n) is 46.2. The van der Waals surface area contributed by atoms with E-state index in [-0.39, 0.29) is 68.9 Å². The number of hydrogen-bond acceptors (Lipinski definition) is 3. The van der Waals surface area contributed by atoms with Gasteiger partial charge < -0.3 is 14.2 Å². The Bertz CT molecular complexity index is 3460. The molecule has 2 aliphatic heterocycles. The molecule has 0 fully saturated rings. The third kappa shape index (κ3) is 5.94. The van der Waals surface area contributed by atoms with Gasteiger partial charge in [-0.05, 0) is 181 Å². The van der Waals surface area contributed by atoms with Crippen LogP contribution in [0.5, 0.6) is 0 Å². The molecule has 0 unspecified atom stereocenters. The average molecular weight is 872 g/mol. The molecule has 66 heavy (non-hydrogen) atoms. The lowest BCUT2D eigenvalue weighted by Crippen LogP contribution is -2.61. The molecule has 3 nitrogen and oxygen atoms in total. The zero-order valence-corrected chi connectivity index (χ0v) is 41.2. The second-order valence-electron chi connectivity index (χ2n) is 24.6. The van der Waals surface area contributed by atoms with Crippen molar-refractivity contribution in [2.45, 2.75) is 154 Å². The molecule has 0 radical (unpaired) electrons. The molecule has 3 aliphatic carbocycles. The molecule has 3 heterocycles. The lowest BCUT2D eigenvalue weighted by Gasteiger charge is -2.47. The van der Waals surface area contributed by atoms with E-state index in [1.165, 1.54) is 38.8 Å². The minimum atomic E-state index is -0.399. The van der Waals surface area contributed by atoms with Crippen molar-refractivity contribution in [2.75, 3.05) is 9.80 Å². The standard InChI is InChI=1S/C62H67BN2O/c1-57(2)26-28-59(5,6)45-34-40(22-24-43(45)57)64-50-37-48-47(61(9,10)30-31-62(48,11)12)36-49(50)63-54-51(64)32-39(38-18-14-13-15-19-38)33-52(54)65(55-42-20-16-17-21-53(42)66-56(55)63)41-23-25-44-46(35-41)60(7,8)29-27-58(44,3)4/h13-25,32-37H,26-31H2,1-12H3/i13D,14D,15D,18D,19D. The Kier molecular flexibility index (Phi) is 7.54. The number of rotatable bonds is 3. The third-order valence-corrected chi connectivity index (χ3v) is 17.5. The average Bonchev–Trinajstić information content (AvgIpc) is 3.71. The van der Waals surface area contributed by atoms with Crippen LogP contribution in [-0.2, 0) is 32.5 Å². The molecule has 0 atom stereocenters. The van der Waals surface area contributed by atoms with Crippen molar-refractivity contribution in [3.63, 3.8) is 0 Å². The lowest BCUT2D eigenvalue weighted by atomic mass is 9.35. The Balaban J connectivity index is 1.26. The maximum absolute atomic E-state index is 9.48. The summed E-state index contributed by atoms with van der Waals surface area (Å²) in [5.74, 6) is 0. The molecular formula is C62H67BN2O. The highest BCUT2D eigenvalue weighted by Crippen LogP contribution is 2.55. The molecule has 4 heteroatoms. The first kappa shape index (κ1) is 36.6. The summed E-state index contributed by atoms with van der Waals surface area (Å²) >= 11 is 0. The molecule has 0 N–H and O–H groups in total. The molecule has 0 saturated heterocycles. The van der Waals surface area contributed by atoms with Crippen LogP contribution >= 0.6 is 0 Å². The molecule has 0 bridgehead atoms. The van der Waals surface area contributed by atoms with Crippen molar-refractivity contribution in [2.24, 2.45) is 0 Å². The van der Waals surface area contributed by atoms with E-state index in [4.69, 9.17) is 8.53 Å². The molecule has 0 spiro atoms. The van der Waals surface area contributed by atoms with Crippen molar-refractivity contribution >= 4 is 68.4 Å². The summed E-state index contributed by atoms with van der Waals surface area (Å²) in [6.45, 7) is 28.3. The van der Waals surface area contributed by atoms with E-state index in [9.17, 15) is 2.74 Å². The van der Waals surface area contributed by atoms with Gasteiger partial charge in [0.25, 0.3) is 6.71 Å². The lowest BCUT2D eigenvalue weighted by molar-refractivity contribution is 0.332. The van der Waals surface area contributed by atoms with Crippen LogP contribution in [0.4, 0.5) is 34.1 Å². The van der Waals surface area contributed by atoms with Gasteiger partial charge in [0.15, 0.2) is 0 Å². The maximum Gasteiger partial charge on any atom is 0.297 e. The summed E-state index contributed by atoms with van der Waals surface area (Å²) in [4.78, 5) is 4.85. The van der Waals surface area contributed by atoms with Crippen LogP contribution < -0.4 is 26.4 Å². The van der Waals surface area contributed by atoms with Crippen LogP contribution in [0, 0.1) is 0 Å². The zero-order chi connectivity index (χ0) is 50.4. The van der Waals surface area contributed by atoms with Crippen molar-refractivity contribution in [1.82, 2.24) is 0 Å². The molecule has 0 saturated carbocycles. The van der Waals surface area contributed by atoms with Crippen molar-refractivity contribution < 1.29 is 11.3 Å². The number of nitrogens with zero attached hydrogens (tertiary/aromatic N) is 2. The van der Waals surface area contributed by atoms with E-state index >= 15 is 0 Å². The first-order chi connectivity index (χ1) is 33.2. The van der Waals surface area contributed by atoms with Crippen molar-refractivity contribution in [3.8, 4) is 11.1 Å². The molecule has 12 rings (SSSR count). The monoisotopic (exact) mass is 872 g/mol. The number of para-hydroxylation sites is 1. The van der Waals surface area contributed by atoms with Crippen molar-refractivity contribution in [3.05, 3.63) is 149 Å². The number of furan rings is 1. The van der Waals surface area contributed by atoms with E-state index in [1.54, 1.807) is 0 Å². The Morgan fingerprint density at radius 2 is 0.939 bits per heavy atom. The highest BCUT2D eigenvalue weighted by atomic mass is 16.3. The Labute approximate surface area is 401 Å². The van der Waals surface area contributed by atoms with Gasteiger partial charge in [-0.15, -0.1) is 0 Å². The summed E-state index contributed by atoms with van der Waals surface area (Å²) in [6.07, 6.45) is 6.50. The first-order valence-corrected chi connectivity index (χ1v) is 24.6. The molecular weight excluding hydrogens is 800 g/mol. The smallest absolute Gasteiger partial charge is 0.297 e. The molecule has 0 amide bonds. The van der Waals surface area contributed by atoms with Crippen LogP contribution in [-0.4, -0.2) is 6.71 Å². The van der Waals surface area contributed by atoms with E-state index in [1.807, 2.05) is 0 Å². The van der Waals surface area contributed by atoms with Gasteiger partial charge in [0.1, 0.15) is 5.58 Å². The highest BCUT2D eigenvalue weighted by molar-refractivity contribution is 7.00. The number of anilines is 6. The van der Waals surface area contributed by atoms with Crippen LogP contribution in [0.15, 0.2) is 120 Å². The third-order valence-electron chi connectivity index (χ3n) is 17.5. The second-order valence-corrected chi connectivity index (χ2v) is 24.6. The fourth-order valence-corrected chi connectivity index (χ4v) is 13.0. The highest BCUT2D eigenvalue weighted by Gasteiger charge is 2.50. The largest absolute Gasteiger partial charge is 0.468 e. The van der Waals surface area contributed by atoms with E-state index in [2.05, 4.69) is 178 Å². The quantitative estimate of drug-likeness (QED) is 0.165. The van der Waals surface area contributed by atoms with Gasteiger partial charge in [0.05, 0.1) is 18.2 Å². The van der Waals surface area contributed by atoms with Gasteiger partial charge in [-0.2, -0.15) is 0 Å². The number of benzene rings is 6. The predicted molar refractivity (Wildman–Crippen MR) is 282 cm³/mol. The van der Waals surface area contributed by atoms with Crippen LogP contribution in [0.3, 0.4) is 0 Å². The van der Waals surface area contributed by atoms with Gasteiger partial charge in [0.2, 0.25) is 0 Å². The molecule has 7 aromatic rings. The maximum atomic E-state index is 9.48. The summed E-state index contributed by atoms with van der Waals surface area (Å²) in [5, 5.41) is 1.00. The van der Waals surface area contributed by atoms with Crippen LogP contribution in [0.1, 0.15) is 162 Å². The van der Waals surface area contributed by atoms with Crippen LogP contribution in [0.2, 0.25) is 0 Å². The SMILES string of the molecule is [2H]c1c([2H])c([2H])c(-c2cc3c4c(c2)N(c2ccc5c(c2)C(C)(C)CCC5(C)C)c2c(oc5ccccc25)B4c2cc4c(cc2N3c2ccc3c(c2)C(C)(C)CCC3(C)C)C(C)(C)CCC4(C)C)c([2H])c1[2H]. The fourth-order valence-electron chi connectivity index (χ4n) is 13.0. The van der Waals surface area contributed by atoms with Crippen molar-refractivity contribution in [1.29, 1.82) is 0 Å². The Morgan fingerprint density at radius 1 is 0.470 bits per heavy atom. The first-order valence-electron chi connectivity index (χ1n) is 27.1. The van der Waals surface area contributed by atoms with Gasteiger partial charge in [0, 0.05) is 33.8 Å². The molecule has 6 aromatic carbocycles. The van der Waals surface area contributed by atoms with Crippen LogP contribution in [0.25, 0.3) is 22.1 Å². The Hall–Kier alpha value is -5.48.